The number of aromatic carboxylic acids is 1. The van der Waals surface area contributed by atoms with Crippen LogP contribution in [0.25, 0.3) is 0 Å². The van der Waals surface area contributed by atoms with Crippen molar-refractivity contribution in [1.29, 1.82) is 0 Å². The number of carboxylic acids is 1. The minimum atomic E-state index is -0.972. The van der Waals surface area contributed by atoms with E-state index in [1.54, 1.807) is 12.1 Å². The average Bonchev–Trinajstić information content (AvgIpc) is 3.56. The molecule has 0 spiro atoms. The van der Waals surface area contributed by atoms with Crippen molar-refractivity contribution in [1.82, 2.24) is 19.7 Å². The van der Waals surface area contributed by atoms with E-state index in [0.717, 1.165) is 75.0 Å². The zero-order valence-corrected chi connectivity index (χ0v) is 26.2. The number of hydrogen-bond acceptors (Lipinski definition) is 6. The number of halogens is 1. The lowest BCUT2D eigenvalue weighted by molar-refractivity contribution is -0.0258. The van der Waals surface area contributed by atoms with E-state index >= 15 is 0 Å². The second-order valence-corrected chi connectivity index (χ2v) is 13.3. The molecule has 9 nitrogen and oxygen atoms in total. The Morgan fingerprint density at radius 1 is 1.00 bits per heavy atom. The highest BCUT2D eigenvalue weighted by atomic mass is 35.5. The summed E-state index contributed by atoms with van der Waals surface area (Å²) >= 11 is 6.43. The maximum absolute atomic E-state index is 14.2. The van der Waals surface area contributed by atoms with Crippen molar-refractivity contribution in [2.75, 3.05) is 19.6 Å². The predicted molar refractivity (Wildman–Crippen MR) is 170 cm³/mol. The summed E-state index contributed by atoms with van der Waals surface area (Å²) in [6, 6.07) is 18.8. The summed E-state index contributed by atoms with van der Waals surface area (Å²) in [6.45, 7) is 5.25. The number of aromatic nitrogens is 1. The monoisotopic (exact) mass is 630 g/mol. The van der Waals surface area contributed by atoms with Gasteiger partial charge < -0.3 is 24.4 Å². The summed E-state index contributed by atoms with van der Waals surface area (Å²) in [4.78, 5) is 36.7. The second-order valence-electron chi connectivity index (χ2n) is 12.8. The van der Waals surface area contributed by atoms with Gasteiger partial charge in [0.05, 0.1) is 23.8 Å². The molecule has 1 aromatic heterocycles. The van der Waals surface area contributed by atoms with Crippen LogP contribution in [-0.4, -0.2) is 80.7 Å². The highest BCUT2D eigenvalue weighted by molar-refractivity contribution is 6.30. The number of rotatable bonds is 8. The highest BCUT2D eigenvalue weighted by Gasteiger charge is 2.48. The van der Waals surface area contributed by atoms with Gasteiger partial charge in [0, 0.05) is 55.0 Å². The largest absolute Gasteiger partial charge is 0.478 e. The molecule has 45 heavy (non-hydrogen) atoms. The molecular formula is C35H39ClN4O5. The molecular weight excluding hydrogens is 592 g/mol. The molecule has 1 N–H and O–H groups in total. The zero-order chi connectivity index (χ0) is 31.1. The molecule has 3 unspecified atom stereocenters. The van der Waals surface area contributed by atoms with Gasteiger partial charge in [0.25, 0.3) is 0 Å². The Hall–Kier alpha value is -3.66. The van der Waals surface area contributed by atoms with E-state index in [-0.39, 0.29) is 41.9 Å². The normalized spacial score (nSPS) is 25.6. The Morgan fingerprint density at radius 3 is 2.40 bits per heavy atom. The van der Waals surface area contributed by atoms with Crippen LogP contribution in [0.1, 0.15) is 71.7 Å². The highest BCUT2D eigenvalue weighted by Crippen LogP contribution is 2.41. The van der Waals surface area contributed by atoms with Crippen molar-refractivity contribution in [3.8, 4) is 11.6 Å². The van der Waals surface area contributed by atoms with Gasteiger partial charge in [-0.1, -0.05) is 29.8 Å². The fraction of sp³-hybridized carbons (Fsp3) is 0.457. The van der Waals surface area contributed by atoms with Crippen LogP contribution in [0.15, 0.2) is 60.7 Å². The van der Waals surface area contributed by atoms with Gasteiger partial charge in [0.15, 0.2) is 0 Å². The number of benzene rings is 2. The van der Waals surface area contributed by atoms with E-state index < -0.39 is 5.97 Å². The number of piperidine rings is 1. The van der Waals surface area contributed by atoms with Crippen molar-refractivity contribution in [2.45, 2.75) is 82.3 Å². The number of amides is 2. The molecule has 2 aromatic carbocycles. The van der Waals surface area contributed by atoms with E-state index in [9.17, 15) is 9.59 Å². The summed E-state index contributed by atoms with van der Waals surface area (Å²) in [7, 11) is 0. The quantitative estimate of drug-likeness (QED) is 0.296. The molecule has 4 aliphatic rings. The number of hydrogen-bond donors (Lipinski definition) is 1. The van der Waals surface area contributed by atoms with Gasteiger partial charge in [-0.25, -0.2) is 14.6 Å². The van der Waals surface area contributed by atoms with Crippen molar-refractivity contribution >= 4 is 23.6 Å². The first kappa shape index (κ1) is 30.0. The van der Waals surface area contributed by atoms with Gasteiger partial charge in [0.1, 0.15) is 5.75 Å². The number of pyridine rings is 1. The Kier molecular flexibility index (Phi) is 8.42. The van der Waals surface area contributed by atoms with Crippen LogP contribution in [0.2, 0.25) is 5.02 Å². The zero-order valence-electron chi connectivity index (χ0n) is 25.5. The van der Waals surface area contributed by atoms with Gasteiger partial charge in [-0.2, -0.15) is 0 Å². The molecule has 0 aliphatic carbocycles. The summed E-state index contributed by atoms with van der Waals surface area (Å²) in [6.07, 6.45) is 6.48. The average molecular weight is 631 g/mol. The Labute approximate surface area is 268 Å². The summed E-state index contributed by atoms with van der Waals surface area (Å²) in [5, 5.41) is 9.81. The van der Waals surface area contributed by atoms with Crippen molar-refractivity contribution in [2.24, 2.45) is 0 Å². The number of carbonyl (C=O) groups excluding carboxylic acids is 1. The van der Waals surface area contributed by atoms with E-state index in [1.807, 2.05) is 37.3 Å². The predicted octanol–water partition coefficient (Wildman–Crippen LogP) is 6.69. The fourth-order valence-corrected chi connectivity index (χ4v) is 7.79. The van der Waals surface area contributed by atoms with Crippen LogP contribution < -0.4 is 4.74 Å². The molecule has 236 valence electrons. The van der Waals surface area contributed by atoms with E-state index in [4.69, 9.17) is 26.2 Å². The number of urea groups is 1. The lowest BCUT2D eigenvalue weighted by Crippen LogP contribution is -2.49. The molecule has 2 amide bonds. The minimum absolute atomic E-state index is 0.00688. The van der Waals surface area contributed by atoms with Gasteiger partial charge in [-0.15, -0.1) is 0 Å². The first-order chi connectivity index (χ1) is 21.8. The van der Waals surface area contributed by atoms with Crippen LogP contribution in [0.5, 0.6) is 11.6 Å². The molecule has 5 heterocycles. The lowest BCUT2D eigenvalue weighted by atomic mass is 9.98. The van der Waals surface area contributed by atoms with Crippen molar-refractivity contribution < 1.29 is 24.2 Å². The third-order valence-corrected chi connectivity index (χ3v) is 10.2. The van der Waals surface area contributed by atoms with Gasteiger partial charge in [-0.3, -0.25) is 4.90 Å². The van der Waals surface area contributed by atoms with Crippen LogP contribution in [0.3, 0.4) is 0 Å². The summed E-state index contributed by atoms with van der Waals surface area (Å²) in [5.74, 6) is 0.0390. The Morgan fingerprint density at radius 2 is 1.73 bits per heavy atom. The maximum atomic E-state index is 14.2. The number of ether oxygens (including phenoxy) is 2. The standard InChI is InChI=1S/C35H39ClN4O5/c1-22-25(7-12-33(37-22)45-29-8-5-23(6-9-29)34(41)42)20-38-15-13-27(14-16-38)40-32(24-3-2-4-26(36)17-24)21-39(35(40)43)28-18-30-10-11-31(19-28)44-30/h2-9,12,17,27-28,30-32H,10-11,13-16,18-21H2,1H3,(H,41,42). The van der Waals surface area contributed by atoms with E-state index in [2.05, 4.69) is 25.8 Å². The third-order valence-electron chi connectivity index (χ3n) is 9.95. The van der Waals surface area contributed by atoms with Gasteiger partial charge in [0.2, 0.25) is 5.88 Å². The first-order valence-electron chi connectivity index (χ1n) is 16.0. The Bertz CT molecular complexity index is 1550. The van der Waals surface area contributed by atoms with Crippen molar-refractivity contribution in [3.63, 3.8) is 0 Å². The van der Waals surface area contributed by atoms with Gasteiger partial charge >= 0.3 is 12.0 Å². The van der Waals surface area contributed by atoms with Crippen molar-refractivity contribution in [3.05, 3.63) is 88.1 Å². The molecule has 0 saturated carbocycles. The fourth-order valence-electron chi connectivity index (χ4n) is 7.59. The molecule has 4 fully saturated rings. The second kappa shape index (κ2) is 12.6. The lowest BCUT2D eigenvalue weighted by Gasteiger charge is -2.39. The minimum Gasteiger partial charge on any atom is -0.478 e. The smallest absolute Gasteiger partial charge is 0.335 e. The number of fused-ring (bicyclic) bond motifs is 2. The van der Waals surface area contributed by atoms with Crippen LogP contribution in [0.4, 0.5) is 4.79 Å². The molecule has 7 rings (SSSR count). The number of nitrogens with zero attached hydrogens (tertiary/aromatic N) is 4. The van der Waals surface area contributed by atoms with Crippen LogP contribution in [0, 0.1) is 6.92 Å². The number of aryl methyl sites for hydroxylation is 1. The first-order valence-corrected chi connectivity index (χ1v) is 16.4. The van der Waals surface area contributed by atoms with Crippen LogP contribution in [-0.2, 0) is 11.3 Å². The van der Waals surface area contributed by atoms with Crippen LogP contribution >= 0.6 is 11.6 Å². The number of carbonyl (C=O) groups is 2. The molecule has 4 saturated heterocycles. The Balaban J connectivity index is 1.00. The van der Waals surface area contributed by atoms with Gasteiger partial charge in [-0.05, 0) is 93.0 Å². The third kappa shape index (κ3) is 6.39. The number of likely N-dealkylation sites (tertiary alicyclic amines) is 1. The molecule has 10 heteroatoms. The summed E-state index contributed by atoms with van der Waals surface area (Å²) < 4.78 is 12.0. The number of carboxylic acid groups (broad SMARTS) is 1. The van der Waals surface area contributed by atoms with E-state index in [0.29, 0.717) is 23.2 Å². The maximum Gasteiger partial charge on any atom is 0.335 e. The SMILES string of the molecule is Cc1nc(Oc2ccc(C(=O)O)cc2)ccc1CN1CCC(N2C(=O)N(C3CC4CCC(C3)O4)CC2c2cccc(Cl)c2)CC1. The molecule has 3 atom stereocenters. The molecule has 3 aromatic rings. The molecule has 2 bridgehead atoms. The molecule has 4 aliphatic heterocycles. The summed E-state index contributed by atoms with van der Waals surface area (Å²) in [5.41, 5.74) is 3.35. The van der Waals surface area contributed by atoms with E-state index in [1.165, 1.54) is 12.1 Å². The molecule has 0 radical (unpaired) electrons. The topological polar surface area (TPSA) is 95.4 Å².